The Hall–Kier alpha value is -0.330. The van der Waals surface area contributed by atoms with Crippen LogP contribution in [0.5, 0.6) is 0 Å². The van der Waals surface area contributed by atoms with E-state index < -0.39 is 19.8 Å². The average Bonchev–Trinajstić information content (AvgIpc) is 2.85. The van der Waals surface area contributed by atoms with E-state index in [1.165, 1.54) is 25.7 Å². The first-order chi connectivity index (χ1) is 10.5. The number of nitrogens with zero attached hydrogens (tertiary/aromatic N) is 1. The second kappa shape index (κ2) is 11.2. The summed E-state index contributed by atoms with van der Waals surface area (Å²) in [4.78, 5) is 30.4. The molecule has 0 bridgehead atoms. The second-order valence-electron chi connectivity index (χ2n) is 6.28. The number of amides is 1. The molecule has 1 atom stereocenters. The van der Waals surface area contributed by atoms with Crippen LogP contribution in [0, 0.1) is 5.92 Å². The minimum absolute atomic E-state index is 0.124. The van der Waals surface area contributed by atoms with Crippen LogP contribution >= 0.6 is 19.8 Å². The fourth-order valence-electron chi connectivity index (χ4n) is 2.59. The van der Waals surface area contributed by atoms with E-state index in [9.17, 15) is 9.59 Å². The molecular weight excluding hydrogens is 393 g/mol. The van der Waals surface area contributed by atoms with Crippen molar-refractivity contribution in [3.05, 3.63) is 0 Å². The van der Waals surface area contributed by atoms with Gasteiger partial charge in [0.1, 0.15) is 0 Å². The van der Waals surface area contributed by atoms with Crippen LogP contribution in [0.2, 0.25) is 0 Å². The molecule has 1 unspecified atom stereocenters. The molecule has 0 aromatic rings. The summed E-state index contributed by atoms with van der Waals surface area (Å²) in [6, 6.07) is 0. The van der Waals surface area contributed by atoms with Crippen molar-refractivity contribution in [2.45, 2.75) is 51.9 Å². The van der Waals surface area contributed by atoms with Crippen molar-refractivity contribution in [2.24, 2.45) is 5.92 Å². The fraction of sp³-hybridized carbons (Fsp3) is 0.882. The van der Waals surface area contributed by atoms with Gasteiger partial charge in [-0.3, -0.25) is 0 Å². The number of ether oxygens (including phenoxy) is 1. The summed E-state index contributed by atoms with van der Waals surface area (Å²) in [5.74, 6) is -0.282. The zero-order valence-corrected chi connectivity index (χ0v) is 16.6. The van der Waals surface area contributed by atoms with Gasteiger partial charge < -0.3 is 0 Å². The van der Waals surface area contributed by atoms with Crippen molar-refractivity contribution in [1.82, 2.24) is 4.90 Å². The van der Waals surface area contributed by atoms with Crippen molar-refractivity contribution in [3.63, 3.8) is 0 Å². The van der Waals surface area contributed by atoms with Crippen LogP contribution in [0.15, 0.2) is 0 Å². The Balaban J connectivity index is 2.14. The zero-order chi connectivity index (χ0) is 16.4. The van der Waals surface area contributed by atoms with Gasteiger partial charge >= 0.3 is 123 Å². The van der Waals surface area contributed by atoms with Crippen LogP contribution in [-0.2, 0) is 14.3 Å². The predicted molar refractivity (Wildman–Crippen MR) is 99.8 cm³/mol. The molecule has 22 heavy (non-hydrogen) atoms. The SMILES string of the molecule is CCCCCCCCOC(=O)C1CC(=O)N(CCI(C)C)C1. The second-order valence-corrected chi connectivity index (χ2v) is 12.6. The zero-order valence-electron chi connectivity index (χ0n) is 14.4. The fourth-order valence-corrected chi connectivity index (χ4v) is 4.14. The number of hydrogen-bond acceptors (Lipinski definition) is 3. The number of hydrogen-bond donors (Lipinski definition) is 0. The van der Waals surface area contributed by atoms with Gasteiger partial charge in [-0.1, -0.05) is 19.8 Å². The summed E-state index contributed by atoms with van der Waals surface area (Å²) in [6.45, 7) is 4.11. The summed E-state index contributed by atoms with van der Waals surface area (Å²) in [5.41, 5.74) is 0. The molecule has 0 aliphatic carbocycles. The van der Waals surface area contributed by atoms with Crippen LogP contribution in [0.1, 0.15) is 51.9 Å². The van der Waals surface area contributed by atoms with E-state index in [0.29, 0.717) is 19.6 Å². The molecule has 1 heterocycles. The van der Waals surface area contributed by atoms with Crippen LogP contribution in [0.4, 0.5) is 0 Å². The Morgan fingerprint density at radius 3 is 2.59 bits per heavy atom. The molecule has 1 saturated heterocycles. The first kappa shape index (κ1) is 19.7. The molecule has 4 nitrogen and oxygen atoms in total. The van der Waals surface area contributed by atoms with Gasteiger partial charge in [-0.05, 0) is 0 Å². The van der Waals surface area contributed by atoms with Gasteiger partial charge in [0.05, 0.1) is 0 Å². The molecule has 0 N–H and O–H groups in total. The van der Waals surface area contributed by atoms with E-state index in [0.717, 1.165) is 23.8 Å². The molecule has 0 aromatic heterocycles. The summed E-state index contributed by atoms with van der Waals surface area (Å²) < 4.78 is 6.49. The Kier molecular flexibility index (Phi) is 10.1. The van der Waals surface area contributed by atoms with Crippen LogP contribution in [0.3, 0.4) is 0 Å². The first-order valence-electron chi connectivity index (χ1n) is 8.45. The third kappa shape index (κ3) is 7.79. The third-order valence-electron chi connectivity index (χ3n) is 4.02. The molecule has 0 spiro atoms. The molecular formula is C17H32INO3. The molecule has 1 amide bonds. The summed E-state index contributed by atoms with van der Waals surface area (Å²) in [7, 11) is 0. The number of likely N-dealkylation sites (tertiary alicyclic amines) is 1. The molecule has 1 aliphatic rings. The van der Waals surface area contributed by atoms with Gasteiger partial charge in [-0.15, -0.1) is 0 Å². The minimum atomic E-state index is -0.800. The van der Waals surface area contributed by atoms with E-state index in [-0.39, 0.29) is 17.8 Å². The molecule has 0 aromatic carbocycles. The van der Waals surface area contributed by atoms with E-state index in [2.05, 4.69) is 16.8 Å². The van der Waals surface area contributed by atoms with E-state index >= 15 is 0 Å². The van der Waals surface area contributed by atoms with Crippen molar-refractivity contribution < 1.29 is 14.3 Å². The standard InChI is InChI=1S/C17H32INO3/c1-4-5-6-7-8-9-12-22-17(21)15-13-16(20)19(14-15)11-10-18(2)3/h15H,4-14H2,1-3H3. The molecule has 5 heteroatoms. The van der Waals surface area contributed by atoms with E-state index in [1.807, 2.05) is 4.90 Å². The molecule has 1 fully saturated rings. The van der Waals surface area contributed by atoms with Crippen molar-refractivity contribution in [2.75, 3.05) is 34.0 Å². The van der Waals surface area contributed by atoms with Gasteiger partial charge in [-0.25, -0.2) is 0 Å². The van der Waals surface area contributed by atoms with Crippen LogP contribution < -0.4 is 0 Å². The van der Waals surface area contributed by atoms with E-state index in [1.54, 1.807) is 0 Å². The number of carbonyl (C=O) groups is 2. The van der Waals surface area contributed by atoms with Crippen molar-refractivity contribution in [1.29, 1.82) is 0 Å². The summed E-state index contributed by atoms with van der Waals surface area (Å²) in [6.07, 6.45) is 7.45. The van der Waals surface area contributed by atoms with Crippen LogP contribution in [-0.4, -0.2) is 50.8 Å². The number of unbranched alkanes of at least 4 members (excludes halogenated alkanes) is 5. The van der Waals surface area contributed by atoms with Gasteiger partial charge in [0.2, 0.25) is 0 Å². The predicted octanol–water partition coefficient (Wildman–Crippen LogP) is 3.50. The normalized spacial score (nSPS) is 18.7. The third-order valence-corrected chi connectivity index (χ3v) is 6.66. The Morgan fingerprint density at radius 2 is 1.91 bits per heavy atom. The van der Waals surface area contributed by atoms with E-state index in [4.69, 9.17) is 4.74 Å². The molecule has 1 aliphatic heterocycles. The first-order valence-corrected chi connectivity index (χ1v) is 14.3. The maximum atomic E-state index is 12.0. The molecule has 1 rings (SSSR count). The molecule has 0 radical (unpaired) electrons. The maximum absolute atomic E-state index is 12.0. The van der Waals surface area contributed by atoms with Crippen molar-refractivity contribution in [3.8, 4) is 0 Å². The van der Waals surface area contributed by atoms with Gasteiger partial charge in [0, 0.05) is 0 Å². The summed E-state index contributed by atoms with van der Waals surface area (Å²) >= 11 is -0.800. The Labute approximate surface area is 142 Å². The Morgan fingerprint density at radius 1 is 1.23 bits per heavy atom. The molecule has 0 saturated carbocycles. The van der Waals surface area contributed by atoms with Gasteiger partial charge in [-0.2, -0.15) is 0 Å². The Bertz CT molecular complexity index is 347. The number of esters is 1. The number of alkyl halides is 3. The number of rotatable bonds is 11. The quantitative estimate of drug-likeness (QED) is 0.220. The monoisotopic (exact) mass is 425 g/mol. The number of halogens is 1. The van der Waals surface area contributed by atoms with Crippen LogP contribution in [0.25, 0.3) is 0 Å². The molecule has 130 valence electrons. The number of carbonyl (C=O) groups excluding carboxylic acids is 2. The summed E-state index contributed by atoms with van der Waals surface area (Å²) in [5, 5.41) is 0. The average molecular weight is 425 g/mol. The van der Waals surface area contributed by atoms with Gasteiger partial charge in [0.15, 0.2) is 0 Å². The topological polar surface area (TPSA) is 46.6 Å². The van der Waals surface area contributed by atoms with Crippen molar-refractivity contribution >= 4 is 31.7 Å². The van der Waals surface area contributed by atoms with Gasteiger partial charge in [0.25, 0.3) is 0 Å².